The molecule has 0 aromatic carbocycles. The van der Waals surface area contributed by atoms with Crippen molar-refractivity contribution in [3.63, 3.8) is 0 Å². The molecule has 0 aliphatic carbocycles. The van der Waals surface area contributed by atoms with Crippen molar-refractivity contribution in [3.05, 3.63) is 40.9 Å². The molecule has 5 nitrogen and oxygen atoms in total. The number of aromatic amines is 1. The van der Waals surface area contributed by atoms with Gasteiger partial charge in [0.2, 0.25) is 0 Å². The highest BCUT2D eigenvalue weighted by atomic mass is 16.1. The van der Waals surface area contributed by atoms with Crippen molar-refractivity contribution in [2.24, 2.45) is 0 Å². The van der Waals surface area contributed by atoms with Gasteiger partial charge in [-0.25, -0.2) is 4.98 Å². The maximum atomic E-state index is 11.6. The molecule has 0 atom stereocenters. The molecule has 0 aliphatic rings. The summed E-state index contributed by atoms with van der Waals surface area (Å²) in [4.78, 5) is 18.4. The molecule has 3 rings (SSSR count). The van der Waals surface area contributed by atoms with Crippen LogP contribution in [0.2, 0.25) is 0 Å². The average molecular weight is 186 g/mol. The van der Waals surface area contributed by atoms with Crippen molar-refractivity contribution in [2.75, 3.05) is 0 Å². The number of hydrogen-bond donors (Lipinski definition) is 1. The fourth-order valence-electron chi connectivity index (χ4n) is 1.49. The van der Waals surface area contributed by atoms with Crippen LogP contribution in [0.25, 0.3) is 16.7 Å². The molecule has 0 bridgehead atoms. The second kappa shape index (κ2) is 2.41. The Morgan fingerprint density at radius 3 is 3.14 bits per heavy atom. The lowest BCUT2D eigenvalue weighted by molar-refractivity contribution is 0.957. The van der Waals surface area contributed by atoms with Crippen LogP contribution >= 0.6 is 0 Å². The van der Waals surface area contributed by atoms with Crippen LogP contribution in [-0.2, 0) is 0 Å². The molecule has 1 N–H and O–H groups in total. The Bertz CT molecular complexity index is 667. The van der Waals surface area contributed by atoms with Gasteiger partial charge in [0, 0.05) is 12.3 Å². The summed E-state index contributed by atoms with van der Waals surface area (Å²) in [5.74, 6) is 0. The zero-order chi connectivity index (χ0) is 9.54. The summed E-state index contributed by atoms with van der Waals surface area (Å²) < 4.78 is 1.61. The Morgan fingerprint density at radius 1 is 1.29 bits per heavy atom. The molecule has 0 spiro atoms. The molecule has 0 aliphatic heterocycles. The van der Waals surface area contributed by atoms with Crippen molar-refractivity contribution in [3.8, 4) is 0 Å². The van der Waals surface area contributed by atoms with Gasteiger partial charge in [-0.1, -0.05) is 0 Å². The molecule has 0 saturated carbocycles. The minimum Gasteiger partial charge on any atom is -0.306 e. The highest BCUT2D eigenvalue weighted by Crippen LogP contribution is 2.06. The fourth-order valence-corrected chi connectivity index (χ4v) is 1.49. The van der Waals surface area contributed by atoms with Crippen LogP contribution < -0.4 is 5.56 Å². The summed E-state index contributed by atoms with van der Waals surface area (Å²) >= 11 is 0. The zero-order valence-corrected chi connectivity index (χ0v) is 7.14. The predicted octanol–water partition coefficient (Wildman–Crippen LogP) is 0.571. The maximum absolute atomic E-state index is 11.6. The van der Waals surface area contributed by atoms with Gasteiger partial charge >= 0.3 is 0 Å². The summed E-state index contributed by atoms with van der Waals surface area (Å²) in [6, 6.07) is 5.19. The third-order valence-electron chi connectivity index (χ3n) is 2.12. The van der Waals surface area contributed by atoms with Crippen molar-refractivity contribution in [1.82, 2.24) is 19.6 Å². The summed E-state index contributed by atoms with van der Waals surface area (Å²) in [6.45, 7) is 0. The molecule has 3 aromatic heterocycles. The Hall–Kier alpha value is -2.17. The van der Waals surface area contributed by atoms with E-state index in [4.69, 9.17) is 0 Å². The standard InChI is InChI=1S/C9H6N4O/c14-9-6-2-1-4-10-8(6)13-7(12-9)3-5-11-13/h1-5H,(H,12,14). The smallest absolute Gasteiger partial charge is 0.260 e. The minimum atomic E-state index is -0.138. The van der Waals surface area contributed by atoms with Crippen LogP contribution in [-0.4, -0.2) is 19.6 Å². The van der Waals surface area contributed by atoms with Crippen molar-refractivity contribution in [1.29, 1.82) is 0 Å². The van der Waals surface area contributed by atoms with E-state index in [2.05, 4.69) is 15.1 Å². The van der Waals surface area contributed by atoms with E-state index in [-0.39, 0.29) is 5.56 Å². The number of aromatic nitrogens is 4. The fraction of sp³-hybridized carbons (Fsp3) is 0. The average Bonchev–Trinajstić information content (AvgIpc) is 2.66. The molecule has 3 aromatic rings. The zero-order valence-electron chi connectivity index (χ0n) is 7.14. The van der Waals surface area contributed by atoms with Crippen molar-refractivity contribution >= 4 is 16.7 Å². The second-order valence-corrected chi connectivity index (χ2v) is 2.96. The van der Waals surface area contributed by atoms with E-state index in [0.717, 1.165) is 0 Å². The number of nitrogens with zero attached hydrogens (tertiary/aromatic N) is 3. The highest BCUT2D eigenvalue weighted by Gasteiger charge is 2.04. The van der Waals surface area contributed by atoms with Crippen LogP contribution in [0.15, 0.2) is 35.4 Å². The number of nitrogens with one attached hydrogen (secondary N) is 1. The summed E-state index contributed by atoms with van der Waals surface area (Å²) in [7, 11) is 0. The molecule has 0 saturated heterocycles. The van der Waals surface area contributed by atoms with Crippen molar-refractivity contribution < 1.29 is 0 Å². The first kappa shape index (κ1) is 7.25. The highest BCUT2D eigenvalue weighted by molar-refractivity contribution is 5.75. The Kier molecular flexibility index (Phi) is 1.25. The molecular formula is C9H6N4O. The first-order valence-electron chi connectivity index (χ1n) is 4.17. The van der Waals surface area contributed by atoms with E-state index in [1.165, 1.54) is 0 Å². The maximum Gasteiger partial charge on any atom is 0.260 e. The van der Waals surface area contributed by atoms with Gasteiger partial charge < -0.3 is 4.98 Å². The van der Waals surface area contributed by atoms with Gasteiger partial charge in [-0.3, -0.25) is 4.79 Å². The lowest BCUT2D eigenvalue weighted by atomic mass is 10.3. The molecular weight excluding hydrogens is 180 g/mol. The predicted molar refractivity (Wildman–Crippen MR) is 51.1 cm³/mol. The number of rotatable bonds is 0. The molecule has 0 unspecified atom stereocenters. The van der Waals surface area contributed by atoms with Gasteiger partial charge in [0.15, 0.2) is 5.65 Å². The van der Waals surface area contributed by atoms with Gasteiger partial charge in [0.25, 0.3) is 5.56 Å². The van der Waals surface area contributed by atoms with E-state index >= 15 is 0 Å². The van der Waals surface area contributed by atoms with Gasteiger partial charge in [-0.05, 0) is 12.1 Å². The van der Waals surface area contributed by atoms with Gasteiger partial charge in [-0.2, -0.15) is 9.61 Å². The Labute approximate surface area is 78.0 Å². The Balaban J connectivity index is 2.74. The summed E-state index contributed by atoms with van der Waals surface area (Å²) in [6.07, 6.45) is 3.27. The molecule has 14 heavy (non-hydrogen) atoms. The van der Waals surface area contributed by atoms with Crippen LogP contribution in [0.1, 0.15) is 0 Å². The molecule has 0 fully saturated rings. The van der Waals surface area contributed by atoms with E-state index in [9.17, 15) is 4.79 Å². The van der Waals surface area contributed by atoms with E-state index < -0.39 is 0 Å². The Morgan fingerprint density at radius 2 is 2.21 bits per heavy atom. The minimum absolute atomic E-state index is 0.138. The van der Waals surface area contributed by atoms with E-state index in [0.29, 0.717) is 16.7 Å². The topological polar surface area (TPSA) is 63.0 Å². The SMILES string of the molecule is O=c1[nH]c2ccnn2c2ncccc12. The first-order chi connectivity index (χ1) is 6.86. The van der Waals surface area contributed by atoms with Crippen LogP contribution in [0.4, 0.5) is 0 Å². The van der Waals surface area contributed by atoms with Gasteiger partial charge in [0.1, 0.15) is 5.65 Å². The molecule has 3 heterocycles. The third-order valence-corrected chi connectivity index (χ3v) is 2.12. The van der Waals surface area contributed by atoms with Crippen LogP contribution in [0.3, 0.4) is 0 Å². The van der Waals surface area contributed by atoms with Crippen LogP contribution in [0, 0.1) is 0 Å². The number of hydrogen-bond acceptors (Lipinski definition) is 3. The molecule has 68 valence electrons. The molecule has 0 amide bonds. The largest absolute Gasteiger partial charge is 0.306 e. The van der Waals surface area contributed by atoms with Gasteiger partial charge in [0.05, 0.1) is 11.6 Å². The van der Waals surface area contributed by atoms with E-state index in [1.807, 2.05) is 0 Å². The number of pyridine rings is 1. The summed E-state index contributed by atoms with van der Waals surface area (Å²) in [5.41, 5.74) is 1.10. The number of H-pyrrole nitrogens is 1. The molecule has 0 radical (unpaired) electrons. The summed E-state index contributed by atoms with van der Waals surface area (Å²) in [5, 5.41) is 4.62. The number of fused-ring (bicyclic) bond motifs is 3. The lowest BCUT2D eigenvalue weighted by Crippen LogP contribution is -2.10. The first-order valence-corrected chi connectivity index (χ1v) is 4.17. The second-order valence-electron chi connectivity index (χ2n) is 2.96. The van der Waals surface area contributed by atoms with E-state index in [1.54, 1.807) is 35.1 Å². The van der Waals surface area contributed by atoms with Crippen LogP contribution in [0.5, 0.6) is 0 Å². The molecule has 5 heteroatoms. The normalized spacial score (nSPS) is 11.1. The van der Waals surface area contributed by atoms with Gasteiger partial charge in [-0.15, -0.1) is 0 Å². The van der Waals surface area contributed by atoms with Crippen molar-refractivity contribution in [2.45, 2.75) is 0 Å². The monoisotopic (exact) mass is 186 g/mol. The quantitative estimate of drug-likeness (QED) is 0.558. The lowest BCUT2D eigenvalue weighted by Gasteiger charge is -1.98. The third kappa shape index (κ3) is 0.806.